The summed E-state index contributed by atoms with van der Waals surface area (Å²) in [7, 11) is 0. The van der Waals surface area contributed by atoms with E-state index in [0.29, 0.717) is 0 Å². The van der Waals surface area contributed by atoms with Gasteiger partial charge in [0.05, 0.1) is 0 Å². The van der Waals surface area contributed by atoms with Gasteiger partial charge in [-0.25, -0.2) is 0 Å². The first-order valence-electron chi connectivity index (χ1n) is 5.72. The first kappa shape index (κ1) is 15.9. The maximum atomic E-state index is 11.3. The zero-order valence-corrected chi connectivity index (χ0v) is 11.1. The van der Waals surface area contributed by atoms with Crippen molar-refractivity contribution in [3.05, 3.63) is 35.9 Å². The number of halogens is 1. The molecule has 96 valence electrons. The minimum absolute atomic E-state index is 0. The molecule has 0 radical (unpaired) electrons. The van der Waals surface area contributed by atoms with Crippen molar-refractivity contribution in [1.82, 2.24) is 4.90 Å². The Balaban J connectivity index is 0.00000256. The molecule has 1 rings (SSSR count). The molecule has 1 aromatic carbocycles. The van der Waals surface area contributed by atoms with E-state index in [4.69, 9.17) is 0 Å². The van der Waals surface area contributed by atoms with Crippen LogP contribution in [-0.2, 0) is 4.79 Å². The number of benzene rings is 1. The summed E-state index contributed by atoms with van der Waals surface area (Å²) in [5, 5.41) is 9.31. The number of aliphatic carboxylic acids is 1. The predicted octanol–water partition coefficient (Wildman–Crippen LogP) is 2.97. The Bertz CT molecular complexity index is 329. The van der Waals surface area contributed by atoms with E-state index in [0.717, 1.165) is 25.1 Å². The molecule has 3 nitrogen and oxygen atoms in total. The molecule has 0 heterocycles. The maximum absolute atomic E-state index is 11.3. The van der Waals surface area contributed by atoms with Crippen molar-refractivity contribution in [2.24, 2.45) is 0 Å². The Hall–Kier alpha value is -1.06. The van der Waals surface area contributed by atoms with Crippen LogP contribution in [0.25, 0.3) is 0 Å². The van der Waals surface area contributed by atoms with E-state index in [9.17, 15) is 9.90 Å². The van der Waals surface area contributed by atoms with Crippen molar-refractivity contribution < 1.29 is 9.90 Å². The van der Waals surface area contributed by atoms with Crippen LogP contribution in [0, 0.1) is 0 Å². The van der Waals surface area contributed by atoms with Gasteiger partial charge in [-0.1, -0.05) is 44.2 Å². The average molecular weight is 258 g/mol. The number of nitrogens with zero attached hydrogens (tertiary/aromatic N) is 1. The molecule has 0 saturated heterocycles. The van der Waals surface area contributed by atoms with Crippen LogP contribution in [0.5, 0.6) is 0 Å². The molecule has 17 heavy (non-hydrogen) atoms. The van der Waals surface area contributed by atoms with E-state index >= 15 is 0 Å². The third-order valence-corrected chi connectivity index (χ3v) is 2.63. The van der Waals surface area contributed by atoms with Gasteiger partial charge in [0.2, 0.25) is 0 Å². The lowest BCUT2D eigenvalue weighted by Crippen LogP contribution is -2.34. The van der Waals surface area contributed by atoms with Gasteiger partial charge in [-0.3, -0.25) is 9.69 Å². The van der Waals surface area contributed by atoms with E-state index in [2.05, 4.69) is 6.92 Å². The summed E-state index contributed by atoms with van der Waals surface area (Å²) < 4.78 is 0. The Morgan fingerprint density at radius 1 is 1.29 bits per heavy atom. The summed E-state index contributed by atoms with van der Waals surface area (Å²) in [6.45, 7) is 5.61. The number of likely N-dealkylation sites (N-methyl/N-ethyl adjacent to an activating group) is 1. The molecule has 0 aliphatic heterocycles. The molecule has 0 spiro atoms. The van der Waals surface area contributed by atoms with Crippen molar-refractivity contribution in [1.29, 1.82) is 0 Å². The van der Waals surface area contributed by atoms with Crippen molar-refractivity contribution >= 4 is 18.4 Å². The van der Waals surface area contributed by atoms with E-state index < -0.39 is 12.0 Å². The summed E-state index contributed by atoms with van der Waals surface area (Å²) in [5.74, 6) is -0.776. The van der Waals surface area contributed by atoms with Gasteiger partial charge >= 0.3 is 5.97 Å². The normalized spacial score (nSPS) is 11.9. The van der Waals surface area contributed by atoms with Gasteiger partial charge in [-0.15, -0.1) is 12.4 Å². The number of carboxylic acid groups (broad SMARTS) is 1. The number of hydrogen-bond acceptors (Lipinski definition) is 2. The maximum Gasteiger partial charge on any atom is 0.325 e. The zero-order chi connectivity index (χ0) is 12.0. The monoisotopic (exact) mass is 257 g/mol. The van der Waals surface area contributed by atoms with E-state index in [1.807, 2.05) is 42.2 Å². The molecule has 1 atom stereocenters. The fourth-order valence-electron chi connectivity index (χ4n) is 1.90. The highest BCUT2D eigenvalue weighted by Gasteiger charge is 2.25. The van der Waals surface area contributed by atoms with E-state index in [1.165, 1.54) is 0 Å². The topological polar surface area (TPSA) is 40.5 Å². The van der Waals surface area contributed by atoms with Gasteiger partial charge in [0.15, 0.2) is 0 Å². The third kappa shape index (κ3) is 4.36. The second-order valence-corrected chi connectivity index (χ2v) is 3.78. The highest BCUT2D eigenvalue weighted by atomic mass is 35.5. The van der Waals surface area contributed by atoms with Crippen molar-refractivity contribution in [2.75, 3.05) is 13.1 Å². The molecule has 0 fully saturated rings. The molecule has 1 aromatic rings. The van der Waals surface area contributed by atoms with Crippen LogP contribution in [0.1, 0.15) is 31.9 Å². The van der Waals surface area contributed by atoms with Crippen LogP contribution < -0.4 is 0 Å². The molecule has 0 aromatic heterocycles. The van der Waals surface area contributed by atoms with E-state index in [1.54, 1.807) is 0 Å². The van der Waals surface area contributed by atoms with Crippen LogP contribution in [-0.4, -0.2) is 29.1 Å². The lowest BCUT2D eigenvalue weighted by molar-refractivity contribution is -0.143. The van der Waals surface area contributed by atoms with Gasteiger partial charge < -0.3 is 5.11 Å². The Kier molecular flexibility index (Phi) is 7.59. The van der Waals surface area contributed by atoms with Gasteiger partial charge in [0.25, 0.3) is 0 Å². The fourth-order valence-corrected chi connectivity index (χ4v) is 1.90. The molecule has 0 saturated carbocycles. The average Bonchev–Trinajstić information content (AvgIpc) is 2.29. The van der Waals surface area contributed by atoms with Crippen LogP contribution >= 0.6 is 12.4 Å². The van der Waals surface area contributed by atoms with Crippen LogP contribution in [0.2, 0.25) is 0 Å². The molecule has 0 bridgehead atoms. The molecule has 1 N–H and O–H groups in total. The number of rotatable bonds is 6. The summed E-state index contributed by atoms with van der Waals surface area (Å²) in [6.07, 6.45) is 0.963. The highest BCUT2D eigenvalue weighted by molar-refractivity contribution is 5.85. The third-order valence-electron chi connectivity index (χ3n) is 2.63. The second kappa shape index (κ2) is 8.09. The van der Waals surface area contributed by atoms with Crippen molar-refractivity contribution in [3.8, 4) is 0 Å². The summed E-state index contributed by atoms with van der Waals surface area (Å²) in [5.41, 5.74) is 0.852. The molecule has 0 aliphatic rings. The molecular weight excluding hydrogens is 238 g/mol. The van der Waals surface area contributed by atoms with Crippen LogP contribution in [0.3, 0.4) is 0 Å². The Morgan fingerprint density at radius 2 is 1.88 bits per heavy atom. The van der Waals surface area contributed by atoms with Gasteiger partial charge in [-0.05, 0) is 25.1 Å². The molecule has 1 unspecified atom stereocenters. The molecular formula is C13H20ClNO2. The smallest absolute Gasteiger partial charge is 0.325 e. The summed E-state index contributed by atoms with van der Waals surface area (Å²) in [6, 6.07) is 8.88. The zero-order valence-electron chi connectivity index (χ0n) is 10.3. The van der Waals surface area contributed by atoms with Crippen molar-refractivity contribution in [2.45, 2.75) is 26.3 Å². The summed E-state index contributed by atoms with van der Waals surface area (Å²) >= 11 is 0. The standard InChI is InChI=1S/C13H19NO2.ClH/c1-3-10-14(4-2)12(13(15)16)11-8-6-5-7-9-11;/h5-9,12H,3-4,10H2,1-2H3,(H,15,16);1H. The Morgan fingerprint density at radius 3 is 2.29 bits per heavy atom. The number of hydrogen-bond donors (Lipinski definition) is 1. The lowest BCUT2D eigenvalue weighted by Gasteiger charge is -2.27. The van der Waals surface area contributed by atoms with Gasteiger partial charge in [0.1, 0.15) is 6.04 Å². The second-order valence-electron chi connectivity index (χ2n) is 3.78. The van der Waals surface area contributed by atoms with E-state index in [-0.39, 0.29) is 12.4 Å². The largest absolute Gasteiger partial charge is 0.480 e. The molecule has 0 aliphatic carbocycles. The first-order chi connectivity index (χ1) is 7.70. The fraction of sp³-hybridized carbons (Fsp3) is 0.462. The first-order valence-corrected chi connectivity index (χ1v) is 5.72. The number of carbonyl (C=O) groups is 1. The van der Waals surface area contributed by atoms with Crippen LogP contribution in [0.15, 0.2) is 30.3 Å². The minimum Gasteiger partial charge on any atom is -0.480 e. The quantitative estimate of drug-likeness (QED) is 0.852. The van der Waals surface area contributed by atoms with Crippen molar-refractivity contribution in [3.63, 3.8) is 0 Å². The highest BCUT2D eigenvalue weighted by Crippen LogP contribution is 2.20. The predicted molar refractivity (Wildman–Crippen MR) is 71.6 cm³/mol. The van der Waals surface area contributed by atoms with Gasteiger partial charge in [0, 0.05) is 0 Å². The lowest BCUT2D eigenvalue weighted by atomic mass is 10.1. The number of carboxylic acids is 1. The summed E-state index contributed by atoms with van der Waals surface area (Å²) in [4.78, 5) is 13.3. The Labute approximate surface area is 109 Å². The SMILES string of the molecule is CCCN(CC)C(C(=O)O)c1ccccc1.Cl. The molecule has 4 heteroatoms. The minimum atomic E-state index is -0.776. The van der Waals surface area contributed by atoms with Crippen LogP contribution in [0.4, 0.5) is 0 Å². The molecule has 0 amide bonds. The van der Waals surface area contributed by atoms with Gasteiger partial charge in [-0.2, -0.15) is 0 Å².